The Morgan fingerprint density at radius 2 is 1.58 bits per heavy atom. The molecule has 5 rings (SSSR count). The van der Waals surface area contributed by atoms with Crippen LogP contribution in [0.15, 0.2) is 72.8 Å². The van der Waals surface area contributed by atoms with Gasteiger partial charge in [-0.25, -0.2) is 13.6 Å². The molecule has 1 aliphatic carbocycles. The number of amides is 4. The van der Waals surface area contributed by atoms with E-state index >= 15 is 0 Å². The predicted molar refractivity (Wildman–Crippen MR) is 183 cm³/mol. The van der Waals surface area contributed by atoms with Gasteiger partial charge in [-0.3, -0.25) is 14.4 Å². The van der Waals surface area contributed by atoms with Crippen LogP contribution in [0.3, 0.4) is 0 Å². The second-order valence-electron chi connectivity index (χ2n) is 13.3. The third-order valence-corrected chi connectivity index (χ3v) is 9.56. The van der Waals surface area contributed by atoms with Gasteiger partial charge in [0.1, 0.15) is 24.7 Å². The lowest BCUT2D eigenvalue weighted by molar-refractivity contribution is -0.131. The molecule has 0 spiro atoms. The Hall–Kier alpha value is -5.05. The number of hydrogen-bond donors (Lipinski definition) is 4. The molecule has 3 aromatic carbocycles. The molecule has 50 heavy (non-hydrogen) atoms. The smallest absolute Gasteiger partial charge is 0.408 e. The van der Waals surface area contributed by atoms with Crippen LogP contribution in [0, 0.1) is 23.2 Å². The Bertz CT molecular complexity index is 1680. The highest BCUT2D eigenvalue weighted by molar-refractivity contribution is 5.93. The third-order valence-electron chi connectivity index (χ3n) is 9.56. The van der Waals surface area contributed by atoms with Gasteiger partial charge in [0.25, 0.3) is 0 Å². The van der Waals surface area contributed by atoms with E-state index in [0.29, 0.717) is 13.0 Å². The summed E-state index contributed by atoms with van der Waals surface area (Å²) in [5.41, 5.74) is 1.53. The van der Waals surface area contributed by atoms with Crippen molar-refractivity contribution >= 4 is 34.6 Å². The summed E-state index contributed by atoms with van der Waals surface area (Å²) < 4.78 is 33.4. The van der Waals surface area contributed by atoms with Crippen molar-refractivity contribution in [1.29, 1.82) is 5.26 Å². The van der Waals surface area contributed by atoms with E-state index in [1.54, 1.807) is 12.1 Å². The van der Waals surface area contributed by atoms with Crippen molar-refractivity contribution in [3.05, 3.63) is 83.9 Å². The van der Waals surface area contributed by atoms with Crippen LogP contribution < -0.4 is 21.3 Å². The van der Waals surface area contributed by atoms with E-state index in [4.69, 9.17) is 4.74 Å². The quantitative estimate of drug-likeness (QED) is 0.192. The van der Waals surface area contributed by atoms with Gasteiger partial charge in [0.2, 0.25) is 23.6 Å². The number of fused-ring (bicyclic) bond motifs is 1. The van der Waals surface area contributed by atoms with Gasteiger partial charge < -0.3 is 26.0 Å². The molecule has 2 aliphatic rings. The van der Waals surface area contributed by atoms with Crippen LogP contribution in [0.4, 0.5) is 13.6 Å². The van der Waals surface area contributed by atoms with E-state index < -0.39 is 47.9 Å². The van der Waals surface area contributed by atoms with Crippen molar-refractivity contribution in [3.63, 3.8) is 0 Å². The fourth-order valence-corrected chi connectivity index (χ4v) is 6.74. The molecule has 1 saturated carbocycles. The standard InChI is InChI=1S/C38H43F2N5O5/c39-38(40)17-15-25(16-18-38)20-32(35(47)43-30(23-41)21-29-13-7-19-42-34(29)46)44-36(48)33(45-37(49)50-24-26-8-2-1-3-9-26)22-28-12-6-11-27-10-4-5-14-31(27)28/h1-6,8-12,14,25,29-30,32-33H,7,13,15-22,24H2,(H,42,46)(H,43,47)(H,44,48)(H,45,49)/t29-,30-,32?,33-/m0/s1. The van der Waals surface area contributed by atoms with E-state index in [1.165, 1.54) is 0 Å². The summed E-state index contributed by atoms with van der Waals surface area (Å²) in [6, 6.07) is 21.0. The number of rotatable bonds is 13. The first-order valence-corrected chi connectivity index (χ1v) is 17.2. The first-order valence-electron chi connectivity index (χ1n) is 17.2. The van der Waals surface area contributed by atoms with Crippen molar-refractivity contribution in [2.24, 2.45) is 11.8 Å². The van der Waals surface area contributed by atoms with E-state index in [0.717, 1.165) is 28.3 Å². The minimum absolute atomic E-state index is 0.0266. The predicted octanol–water partition coefficient (Wildman–Crippen LogP) is 5.30. The summed E-state index contributed by atoms with van der Waals surface area (Å²) in [4.78, 5) is 53.2. The summed E-state index contributed by atoms with van der Waals surface area (Å²) >= 11 is 0. The summed E-state index contributed by atoms with van der Waals surface area (Å²) in [5, 5.41) is 22.6. The SMILES string of the molecule is N#C[C@H](C[C@@H]1CCCNC1=O)NC(=O)C(CC1CCC(F)(F)CC1)NC(=O)[C@H](Cc1cccc2ccccc12)NC(=O)OCc1ccccc1. The number of piperidine rings is 1. The average Bonchev–Trinajstić information content (AvgIpc) is 3.12. The van der Waals surface area contributed by atoms with Crippen molar-refractivity contribution in [3.8, 4) is 6.07 Å². The monoisotopic (exact) mass is 687 g/mol. The molecular weight excluding hydrogens is 644 g/mol. The highest BCUT2D eigenvalue weighted by Gasteiger charge is 2.38. The summed E-state index contributed by atoms with van der Waals surface area (Å²) in [6.07, 6.45) is 0.421. The van der Waals surface area contributed by atoms with Crippen LogP contribution in [-0.4, -0.2) is 54.4 Å². The molecule has 1 saturated heterocycles. The molecule has 0 radical (unpaired) electrons. The summed E-state index contributed by atoms with van der Waals surface area (Å²) in [5.74, 6) is -5.02. The number of nitriles is 1. The van der Waals surface area contributed by atoms with Gasteiger partial charge in [-0.1, -0.05) is 72.8 Å². The van der Waals surface area contributed by atoms with Gasteiger partial charge in [0.15, 0.2) is 0 Å². The Morgan fingerprint density at radius 3 is 2.32 bits per heavy atom. The zero-order chi connectivity index (χ0) is 35.5. The number of alkyl carbamates (subject to hydrolysis) is 1. The number of halogens is 2. The fraction of sp³-hybridized carbons (Fsp3) is 0.447. The van der Waals surface area contributed by atoms with E-state index in [-0.39, 0.29) is 63.4 Å². The normalized spacial score (nSPS) is 19.2. The van der Waals surface area contributed by atoms with Crippen LogP contribution in [0.1, 0.15) is 62.5 Å². The molecule has 1 unspecified atom stereocenters. The molecule has 0 aromatic heterocycles. The second-order valence-corrected chi connectivity index (χ2v) is 13.3. The number of carbonyl (C=O) groups is 4. The Balaban J connectivity index is 1.35. The number of benzene rings is 3. The average molecular weight is 688 g/mol. The molecule has 3 aromatic rings. The van der Waals surface area contributed by atoms with Crippen LogP contribution in [0.2, 0.25) is 0 Å². The Morgan fingerprint density at radius 1 is 0.880 bits per heavy atom. The van der Waals surface area contributed by atoms with Crippen LogP contribution in [-0.2, 0) is 32.1 Å². The molecule has 12 heteroatoms. The number of alkyl halides is 2. The number of ether oxygens (including phenoxy) is 1. The molecule has 1 aliphatic heterocycles. The molecular formula is C38H43F2N5O5. The minimum Gasteiger partial charge on any atom is -0.445 e. The minimum atomic E-state index is -2.78. The molecule has 4 amide bonds. The molecule has 1 heterocycles. The van der Waals surface area contributed by atoms with Gasteiger partial charge in [0, 0.05) is 31.7 Å². The largest absolute Gasteiger partial charge is 0.445 e. The first-order chi connectivity index (χ1) is 24.1. The van der Waals surface area contributed by atoms with Gasteiger partial charge in [-0.15, -0.1) is 0 Å². The number of carbonyl (C=O) groups excluding carboxylic acids is 4. The maximum atomic E-state index is 14.1. The van der Waals surface area contributed by atoms with Crippen LogP contribution >= 0.6 is 0 Å². The van der Waals surface area contributed by atoms with Gasteiger partial charge >= 0.3 is 6.09 Å². The fourth-order valence-electron chi connectivity index (χ4n) is 6.74. The van der Waals surface area contributed by atoms with Crippen molar-refractivity contribution in [2.45, 2.75) is 88.4 Å². The lowest BCUT2D eigenvalue weighted by atomic mass is 9.82. The van der Waals surface area contributed by atoms with Gasteiger partial charge in [0.05, 0.1) is 6.07 Å². The van der Waals surface area contributed by atoms with Crippen molar-refractivity contribution < 1.29 is 32.7 Å². The zero-order valence-electron chi connectivity index (χ0n) is 27.8. The van der Waals surface area contributed by atoms with E-state index in [1.807, 2.05) is 60.7 Å². The third kappa shape index (κ3) is 10.2. The molecule has 2 fully saturated rings. The molecule has 0 bridgehead atoms. The van der Waals surface area contributed by atoms with E-state index in [9.17, 15) is 33.2 Å². The van der Waals surface area contributed by atoms with Crippen LogP contribution in [0.5, 0.6) is 0 Å². The lowest BCUT2D eigenvalue weighted by Gasteiger charge is -2.32. The maximum absolute atomic E-state index is 14.1. The highest BCUT2D eigenvalue weighted by Crippen LogP contribution is 2.38. The first kappa shape index (κ1) is 36.2. The zero-order valence-corrected chi connectivity index (χ0v) is 27.8. The molecule has 4 N–H and O–H groups in total. The number of nitrogens with zero attached hydrogens (tertiary/aromatic N) is 1. The number of hydrogen-bond acceptors (Lipinski definition) is 6. The second kappa shape index (κ2) is 17.1. The van der Waals surface area contributed by atoms with Gasteiger partial charge in [-0.2, -0.15) is 5.26 Å². The van der Waals surface area contributed by atoms with Gasteiger partial charge in [-0.05, 0) is 66.3 Å². The van der Waals surface area contributed by atoms with Crippen LogP contribution in [0.25, 0.3) is 10.8 Å². The topological polar surface area (TPSA) is 149 Å². The molecule has 4 atom stereocenters. The molecule has 10 nitrogen and oxygen atoms in total. The Kier molecular flexibility index (Phi) is 12.4. The summed E-state index contributed by atoms with van der Waals surface area (Å²) in [6.45, 7) is 0.530. The summed E-state index contributed by atoms with van der Waals surface area (Å²) in [7, 11) is 0. The number of nitrogens with one attached hydrogen (secondary N) is 4. The lowest BCUT2D eigenvalue weighted by Crippen LogP contribution is -2.56. The molecule has 264 valence electrons. The highest BCUT2D eigenvalue weighted by atomic mass is 19.3. The van der Waals surface area contributed by atoms with Crippen molar-refractivity contribution in [2.75, 3.05) is 6.54 Å². The Labute approximate surface area is 290 Å². The maximum Gasteiger partial charge on any atom is 0.408 e. The van der Waals surface area contributed by atoms with E-state index in [2.05, 4.69) is 27.3 Å². The van der Waals surface area contributed by atoms with Crippen molar-refractivity contribution in [1.82, 2.24) is 21.3 Å².